The fourth-order valence-electron chi connectivity index (χ4n) is 3.11. The fourth-order valence-corrected chi connectivity index (χ4v) is 3.11. The Hall–Kier alpha value is -2.44. The number of carbonyl (C=O) groups excluding carboxylic acids is 2. The topological polar surface area (TPSA) is 77.1 Å². The van der Waals surface area contributed by atoms with Gasteiger partial charge in [0.05, 0.1) is 5.56 Å². The first-order valence-corrected chi connectivity index (χ1v) is 9.01. The van der Waals surface area contributed by atoms with E-state index >= 15 is 0 Å². The maximum Gasteiger partial charge on any atom is 0.407 e. The second-order valence-corrected chi connectivity index (χ2v) is 7.54. The van der Waals surface area contributed by atoms with E-state index in [9.17, 15) is 9.59 Å². The molecule has 142 valence electrons. The minimum Gasteiger partial charge on any atom is -0.486 e. The van der Waals surface area contributed by atoms with Crippen LogP contribution in [0.3, 0.4) is 0 Å². The molecule has 7 nitrogen and oxygen atoms in total. The normalized spacial score (nSPS) is 17.6. The van der Waals surface area contributed by atoms with Gasteiger partial charge < -0.3 is 24.4 Å². The summed E-state index contributed by atoms with van der Waals surface area (Å²) in [6, 6.07) is 5.39. The third-order valence-electron chi connectivity index (χ3n) is 4.30. The van der Waals surface area contributed by atoms with Crippen LogP contribution >= 0.6 is 0 Å². The molecule has 1 fully saturated rings. The molecule has 2 aliphatic heterocycles. The maximum absolute atomic E-state index is 12.9. The molecular weight excluding hydrogens is 336 g/mol. The molecule has 0 unspecified atom stereocenters. The van der Waals surface area contributed by atoms with Crippen LogP contribution in [-0.2, 0) is 4.74 Å². The van der Waals surface area contributed by atoms with Gasteiger partial charge in [0.1, 0.15) is 18.8 Å². The molecule has 2 amide bonds. The van der Waals surface area contributed by atoms with Gasteiger partial charge in [0, 0.05) is 19.1 Å². The summed E-state index contributed by atoms with van der Waals surface area (Å²) in [5.74, 6) is 1.07. The number of alkyl carbamates (subject to hydrolysis) is 1. The number of hydrogen-bond acceptors (Lipinski definition) is 5. The molecule has 7 heteroatoms. The first-order chi connectivity index (χ1) is 12.3. The Kier molecular flexibility index (Phi) is 5.25. The van der Waals surface area contributed by atoms with E-state index in [1.165, 1.54) is 0 Å². The van der Waals surface area contributed by atoms with Crippen molar-refractivity contribution in [3.63, 3.8) is 0 Å². The van der Waals surface area contributed by atoms with Gasteiger partial charge in [-0.3, -0.25) is 4.79 Å². The standard InChI is InChI=1S/C19H26N2O5/c1-19(2,3)26-18(23)20-13-7-9-21(10-8-13)17(22)14-5-4-6-15-16(14)25-12-11-24-15/h4-6,13H,7-12H2,1-3H3,(H,20,23). The highest BCUT2D eigenvalue weighted by molar-refractivity contribution is 5.98. The Morgan fingerprint density at radius 1 is 1.15 bits per heavy atom. The average molecular weight is 362 g/mol. The van der Waals surface area contributed by atoms with Crippen LogP contribution in [0.5, 0.6) is 11.5 Å². The molecule has 1 N–H and O–H groups in total. The van der Waals surface area contributed by atoms with E-state index in [2.05, 4.69) is 5.32 Å². The van der Waals surface area contributed by atoms with Crippen LogP contribution in [-0.4, -0.2) is 54.8 Å². The summed E-state index contributed by atoms with van der Waals surface area (Å²) in [7, 11) is 0. The van der Waals surface area contributed by atoms with Gasteiger partial charge in [-0.25, -0.2) is 4.79 Å². The van der Waals surface area contributed by atoms with Crippen molar-refractivity contribution in [1.82, 2.24) is 10.2 Å². The average Bonchev–Trinajstić information content (AvgIpc) is 2.59. The fraction of sp³-hybridized carbons (Fsp3) is 0.579. The number of likely N-dealkylation sites (tertiary alicyclic amines) is 1. The number of amides is 2. The van der Waals surface area contributed by atoms with E-state index in [1.54, 1.807) is 17.0 Å². The predicted octanol–water partition coefficient (Wildman–Crippen LogP) is 2.59. The van der Waals surface area contributed by atoms with Gasteiger partial charge in [0.15, 0.2) is 11.5 Å². The first kappa shape index (κ1) is 18.4. The highest BCUT2D eigenvalue weighted by Gasteiger charge is 2.29. The van der Waals surface area contributed by atoms with Crippen molar-refractivity contribution >= 4 is 12.0 Å². The van der Waals surface area contributed by atoms with Crippen LogP contribution in [0.25, 0.3) is 0 Å². The Bertz CT molecular complexity index is 675. The minimum atomic E-state index is -0.519. The number of ether oxygens (including phenoxy) is 3. The molecule has 1 aromatic rings. The number of carbonyl (C=O) groups is 2. The van der Waals surface area contributed by atoms with E-state index in [0.717, 1.165) is 0 Å². The number of piperidine rings is 1. The lowest BCUT2D eigenvalue weighted by Gasteiger charge is -2.33. The highest BCUT2D eigenvalue weighted by Crippen LogP contribution is 2.34. The molecular formula is C19H26N2O5. The van der Waals surface area contributed by atoms with Crippen molar-refractivity contribution in [2.75, 3.05) is 26.3 Å². The third kappa shape index (κ3) is 4.39. The predicted molar refractivity (Wildman–Crippen MR) is 95.7 cm³/mol. The molecule has 0 aromatic heterocycles. The number of nitrogens with one attached hydrogen (secondary N) is 1. The van der Waals surface area contributed by atoms with Crippen molar-refractivity contribution in [2.45, 2.75) is 45.3 Å². The molecule has 3 rings (SSSR count). The molecule has 0 bridgehead atoms. The molecule has 1 saturated heterocycles. The van der Waals surface area contributed by atoms with Crippen molar-refractivity contribution in [2.24, 2.45) is 0 Å². The van der Waals surface area contributed by atoms with Gasteiger partial charge in [-0.05, 0) is 45.7 Å². The molecule has 0 spiro atoms. The SMILES string of the molecule is CC(C)(C)OC(=O)NC1CCN(C(=O)c2cccc3c2OCCO3)CC1. The minimum absolute atomic E-state index is 0.0122. The van der Waals surface area contributed by atoms with Crippen LogP contribution in [0.4, 0.5) is 4.79 Å². The summed E-state index contributed by atoms with van der Waals surface area (Å²) in [6.07, 6.45) is 0.972. The summed E-state index contributed by atoms with van der Waals surface area (Å²) in [5.41, 5.74) is 0.00985. The molecule has 0 atom stereocenters. The second-order valence-electron chi connectivity index (χ2n) is 7.54. The Labute approximate surface area is 153 Å². The third-order valence-corrected chi connectivity index (χ3v) is 4.30. The van der Waals surface area contributed by atoms with Crippen LogP contribution in [0.15, 0.2) is 18.2 Å². The monoisotopic (exact) mass is 362 g/mol. The van der Waals surface area contributed by atoms with Crippen LogP contribution in [0.2, 0.25) is 0 Å². The largest absolute Gasteiger partial charge is 0.486 e. The van der Waals surface area contributed by atoms with Gasteiger partial charge in [0.25, 0.3) is 5.91 Å². The molecule has 26 heavy (non-hydrogen) atoms. The highest BCUT2D eigenvalue weighted by atomic mass is 16.6. The van der Waals surface area contributed by atoms with Gasteiger partial charge in [-0.15, -0.1) is 0 Å². The summed E-state index contributed by atoms with van der Waals surface area (Å²) >= 11 is 0. The van der Waals surface area contributed by atoms with E-state index in [1.807, 2.05) is 26.8 Å². The van der Waals surface area contributed by atoms with E-state index in [-0.39, 0.29) is 11.9 Å². The summed E-state index contributed by atoms with van der Waals surface area (Å²) in [4.78, 5) is 26.5. The lowest BCUT2D eigenvalue weighted by atomic mass is 10.0. The van der Waals surface area contributed by atoms with Gasteiger partial charge in [-0.1, -0.05) is 6.07 Å². The lowest BCUT2D eigenvalue weighted by Crippen LogP contribution is -2.47. The van der Waals surface area contributed by atoms with Crippen molar-refractivity contribution in [3.8, 4) is 11.5 Å². The number of benzene rings is 1. The number of hydrogen-bond donors (Lipinski definition) is 1. The Morgan fingerprint density at radius 3 is 2.54 bits per heavy atom. The van der Waals surface area contributed by atoms with Crippen molar-refractivity contribution in [1.29, 1.82) is 0 Å². The zero-order chi connectivity index (χ0) is 18.7. The van der Waals surface area contributed by atoms with Crippen molar-refractivity contribution < 1.29 is 23.8 Å². The quantitative estimate of drug-likeness (QED) is 0.875. The number of nitrogens with zero attached hydrogens (tertiary/aromatic N) is 1. The first-order valence-electron chi connectivity index (χ1n) is 9.01. The second kappa shape index (κ2) is 7.43. The van der Waals surface area contributed by atoms with Crippen LogP contribution in [0.1, 0.15) is 44.0 Å². The number of fused-ring (bicyclic) bond motifs is 1. The Morgan fingerprint density at radius 2 is 1.85 bits per heavy atom. The summed E-state index contributed by atoms with van der Waals surface area (Å²) in [5, 5.41) is 2.88. The van der Waals surface area contributed by atoms with Gasteiger partial charge in [0.2, 0.25) is 0 Å². The zero-order valence-electron chi connectivity index (χ0n) is 15.5. The smallest absolute Gasteiger partial charge is 0.407 e. The van der Waals surface area contributed by atoms with E-state index < -0.39 is 11.7 Å². The number of para-hydroxylation sites is 1. The van der Waals surface area contributed by atoms with Gasteiger partial charge >= 0.3 is 6.09 Å². The molecule has 2 heterocycles. The summed E-state index contributed by atoms with van der Waals surface area (Å²) in [6.45, 7) is 7.58. The van der Waals surface area contributed by atoms with Gasteiger partial charge in [-0.2, -0.15) is 0 Å². The molecule has 0 radical (unpaired) electrons. The molecule has 2 aliphatic rings. The summed E-state index contributed by atoms with van der Waals surface area (Å²) < 4.78 is 16.5. The van der Waals surface area contributed by atoms with Crippen LogP contribution < -0.4 is 14.8 Å². The maximum atomic E-state index is 12.9. The zero-order valence-corrected chi connectivity index (χ0v) is 15.5. The van der Waals surface area contributed by atoms with E-state index in [0.29, 0.717) is 56.2 Å². The Balaban J connectivity index is 1.57. The van der Waals surface area contributed by atoms with Crippen molar-refractivity contribution in [3.05, 3.63) is 23.8 Å². The molecule has 0 aliphatic carbocycles. The lowest BCUT2D eigenvalue weighted by molar-refractivity contribution is 0.0473. The van der Waals surface area contributed by atoms with Crippen LogP contribution in [0, 0.1) is 0 Å². The number of rotatable bonds is 2. The van der Waals surface area contributed by atoms with E-state index in [4.69, 9.17) is 14.2 Å². The molecule has 1 aromatic carbocycles. The molecule has 0 saturated carbocycles.